The molecule has 0 spiro atoms. The lowest BCUT2D eigenvalue weighted by atomic mass is 10.3. The third kappa shape index (κ3) is 2.48. The van der Waals surface area contributed by atoms with Gasteiger partial charge in [0.05, 0.1) is 19.0 Å². The maximum atomic E-state index is 10.5. The van der Waals surface area contributed by atoms with Crippen LogP contribution in [0.5, 0.6) is 0 Å². The maximum absolute atomic E-state index is 10.5. The first-order valence-corrected chi connectivity index (χ1v) is 4.52. The molecule has 0 saturated heterocycles. The van der Waals surface area contributed by atoms with Crippen molar-refractivity contribution in [1.82, 2.24) is 9.55 Å². The quantitative estimate of drug-likeness (QED) is 0.313. The molecule has 1 unspecified atom stereocenters. The Bertz CT molecular complexity index is 389. The van der Waals surface area contributed by atoms with Crippen LogP contribution in [0.3, 0.4) is 0 Å². The summed E-state index contributed by atoms with van der Waals surface area (Å²) in [6.07, 6.45) is 2.48. The number of ether oxygens (including phenoxy) is 1. The highest BCUT2D eigenvalue weighted by atomic mass is 16.6. The Hall–Kier alpha value is -2.09. The summed E-state index contributed by atoms with van der Waals surface area (Å²) >= 11 is 0. The van der Waals surface area contributed by atoms with Gasteiger partial charge in [-0.15, -0.1) is 0 Å². The van der Waals surface area contributed by atoms with Crippen molar-refractivity contribution in [2.24, 2.45) is 5.73 Å². The highest BCUT2D eigenvalue weighted by Crippen LogP contribution is 2.21. The lowest BCUT2D eigenvalue weighted by Gasteiger charge is -2.12. The molecule has 0 aliphatic rings. The molecule has 16 heavy (non-hydrogen) atoms. The van der Waals surface area contributed by atoms with Crippen LogP contribution in [0.2, 0.25) is 0 Å². The van der Waals surface area contributed by atoms with Crippen LogP contribution >= 0.6 is 0 Å². The molecule has 8 heteroatoms. The molecule has 1 aromatic rings. The van der Waals surface area contributed by atoms with Gasteiger partial charge in [-0.2, -0.15) is 0 Å². The number of imidazole rings is 1. The van der Waals surface area contributed by atoms with E-state index in [2.05, 4.69) is 11.6 Å². The number of anilines is 1. The number of nitrogens with two attached hydrogens (primary N) is 2. The molecule has 1 atom stereocenters. The number of aromatic nitrogens is 2. The van der Waals surface area contributed by atoms with Gasteiger partial charge in [0, 0.05) is 6.42 Å². The fraction of sp³-hybridized carbons (Fsp3) is 0.375. The zero-order chi connectivity index (χ0) is 12.1. The van der Waals surface area contributed by atoms with Gasteiger partial charge in [0.25, 0.3) is 0 Å². The van der Waals surface area contributed by atoms with Gasteiger partial charge in [-0.05, 0) is 9.91 Å². The predicted molar refractivity (Wildman–Crippen MR) is 57.3 cm³/mol. The Labute approximate surface area is 91.7 Å². The van der Waals surface area contributed by atoms with E-state index in [-0.39, 0.29) is 11.6 Å². The Morgan fingerprint density at radius 1 is 1.81 bits per heavy atom. The molecule has 0 bridgehead atoms. The number of nitrogen functional groups attached to an aromatic ring is 1. The molecular weight excluding hydrogens is 214 g/mol. The van der Waals surface area contributed by atoms with Crippen LogP contribution in [-0.4, -0.2) is 21.1 Å². The summed E-state index contributed by atoms with van der Waals surface area (Å²) in [5.41, 5.74) is 11.3. The first kappa shape index (κ1) is 12.0. The normalized spacial score (nSPS) is 12.1. The van der Waals surface area contributed by atoms with Gasteiger partial charge in [0.15, 0.2) is 0 Å². The second-order valence-corrected chi connectivity index (χ2v) is 3.01. The van der Waals surface area contributed by atoms with E-state index in [1.54, 1.807) is 0 Å². The molecule has 0 aliphatic carbocycles. The number of hydrogen-bond acceptors (Lipinski definition) is 6. The summed E-state index contributed by atoms with van der Waals surface area (Å²) < 4.78 is 6.23. The molecule has 1 rings (SSSR count). The topological polar surface area (TPSA) is 122 Å². The fourth-order valence-corrected chi connectivity index (χ4v) is 1.18. The van der Waals surface area contributed by atoms with E-state index in [4.69, 9.17) is 16.2 Å². The first-order chi connectivity index (χ1) is 7.57. The van der Waals surface area contributed by atoms with Crippen LogP contribution < -0.4 is 11.5 Å². The highest BCUT2D eigenvalue weighted by Gasteiger charge is 2.21. The predicted octanol–water partition coefficient (Wildman–Crippen LogP) is 0.381. The standard InChI is InChI=1S/C8H13N5O3/c1-2-16-4-3-6(9)12-5-11-8(7(12)10)13(14)15/h2,5-6H,1,3-4,9-10H2. The van der Waals surface area contributed by atoms with Crippen LogP contribution in [0, 0.1) is 10.1 Å². The summed E-state index contributed by atoms with van der Waals surface area (Å²) in [6.45, 7) is 3.74. The van der Waals surface area contributed by atoms with Gasteiger partial charge in [-0.1, -0.05) is 6.58 Å². The van der Waals surface area contributed by atoms with E-state index in [1.807, 2.05) is 0 Å². The summed E-state index contributed by atoms with van der Waals surface area (Å²) in [4.78, 5) is 13.4. The van der Waals surface area contributed by atoms with Crippen LogP contribution in [0.15, 0.2) is 19.2 Å². The Morgan fingerprint density at radius 2 is 2.50 bits per heavy atom. The van der Waals surface area contributed by atoms with Gasteiger partial charge in [-0.3, -0.25) is 4.57 Å². The molecule has 0 saturated carbocycles. The Morgan fingerprint density at radius 3 is 3.00 bits per heavy atom. The molecule has 0 aliphatic heterocycles. The van der Waals surface area contributed by atoms with Crippen LogP contribution in [0.4, 0.5) is 11.6 Å². The highest BCUT2D eigenvalue weighted by molar-refractivity contribution is 5.47. The average molecular weight is 227 g/mol. The van der Waals surface area contributed by atoms with Gasteiger partial charge < -0.3 is 26.3 Å². The largest absolute Gasteiger partial charge is 0.502 e. The molecule has 0 aromatic carbocycles. The number of hydrogen-bond donors (Lipinski definition) is 2. The van der Waals surface area contributed by atoms with Crippen molar-refractivity contribution in [2.75, 3.05) is 12.3 Å². The van der Waals surface area contributed by atoms with Gasteiger partial charge in [0.1, 0.15) is 0 Å². The lowest BCUT2D eigenvalue weighted by Crippen LogP contribution is -2.21. The molecule has 88 valence electrons. The smallest absolute Gasteiger partial charge is 0.406 e. The van der Waals surface area contributed by atoms with Gasteiger partial charge >= 0.3 is 5.82 Å². The zero-order valence-corrected chi connectivity index (χ0v) is 8.57. The van der Waals surface area contributed by atoms with Crippen molar-refractivity contribution in [1.29, 1.82) is 0 Å². The van der Waals surface area contributed by atoms with E-state index in [1.165, 1.54) is 17.2 Å². The summed E-state index contributed by atoms with van der Waals surface area (Å²) in [6, 6.07) is 0. The minimum absolute atomic E-state index is 0.0592. The summed E-state index contributed by atoms with van der Waals surface area (Å²) in [5, 5.41) is 10.5. The third-order valence-electron chi connectivity index (χ3n) is 1.99. The number of nitro groups is 1. The van der Waals surface area contributed by atoms with Crippen molar-refractivity contribution < 1.29 is 9.66 Å². The van der Waals surface area contributed by atoms with E-state index < -0.39 is 11.1 Å². The molecule has 0 radical (unpaired) electrons. The average Bonchev–Trinajstić information content (AvgIpc) is 2.60. The summed E-state index contributed by atoms with van der Waals surface area (Å²) in [5.74, 6) is -0.448. The Kier molecular flexibility index (Phi) is 3.84. The molecule has 8 nitrogen and oxygen atoms in total. The third-order valence-corrected chi connectivity index (χ3v) is 1.99. The Balaban J connectivity index is 2.72. The van der Waals surface area contributed by atoms with Crippen molar-refractivity contribution in [3.8, 4) is 0 Å². The SMILES string of the molecule is C=COCCC(N)n1cnc([N+](=O)[O-])c1N. The zero-order valence-electron chi connectivity index (χ0n) is 8.57. The van der Waals surface area contributed by atoms with E-state index in [0.717, 1.165) is 0 Å². The molecule has 4 N–H and O–H groups in total. The second-order valence-electron chi connectivity index (χ2n) is 3.01. The minimum Gasteiger partial charge on any atom is -0.502 e. The number of rotatable bonds is 6. The number of nitrogens with zero attached hydrogens (tertiary/aromatic N) is 3. The molecular formula is C8H13N5O3. The molecule has 1 heterocycles. The lowest BCUT2D eigenvalue weighted by molar-refractivity contribution is -0.388. The molecule has 0 fully saturated rings. The van der Waals surface area contributed by atoms with Gasteiger partial charge in [-0.25, -0.2) is 0 Å². The van der Waals surface area contributed by atoms with Crippen molar-refractivity contribution in [2.45, 2.75) is 12.6 Å². The minimum atomic E-state index is -0.654. The van der Waals surface area contributed by atoms with Crippen LogP contribution in [-0.2, 0) is 4.74 Å². The van der Waals surface area contributed by atoms with E-state index in [9.17, 15) is 10.1 Å². The van der Waals surface area contributed by atoms with Crippen molar-refractivity contribution >= 4 is 11.6 Å². The molecule has 0 amide bonds. The van der Waals surface area contributed by atoms with E-state index >= 15 is 0 Å². The first-order valence-electron chi connectivity index (χ1n) is 4.52. The van der Waals surface area contributed by atoms with Crippen molar-refractivity contribution in [3.63, 3.8) is 0 Å². The molecule has 1 aromatic heterocycles. The summed E-state index contributed by atoms with van der Waals surface area (Å²) in [7, 11) is 0. The second kappa shape index (κ2) is 5.12. The fourth-order valence-electron chi connectivity index (χ4n) is 1.18. The van der Waals surface area contributed by atoms with Crippen LogP contribution in [0.25, 0.3) is 0 Å². The van der Waals surface area contributed by atoms with E-state index in [0.29, 0.717) is 13.0 Å². The van der Waals surface area contributed by atoms with Crippen molar-refractivity contribution in [3.05, 3.63) is 29.3 Å². The maximum Gasteiger partial charge on any atom is 0.406 e. The van der Waals surface area contributed by atoms with Crippen LogP contribution in [0.1, 0.15) is 12.6 Å². The monoisotopic (exact) mass is 227 g/mol. The van der Waals surface area contributed by atoms with Gasteiger partial charge in [0.2, 0.25) is 12.1 Å².